The van der Waals surface area contributed by atoms with Crippen LogP contribution in [0.5, 0.6) is 0 Å². The second-order valence-corrected chi connectivity index (χ2v) is 3.77. The van der Waals surface area contributed by atoms with Crippen molar-refractivity contribution in [2.75, 3.05) is 13.7 Å². The Balaban J connectivity index is 0.00000128. The van der Waals surface area contributed by atoms with E-state index >= 15 is 0 Å². The molecule has 1 saturated heterocycles. The number of benzene rings is 1. The lowest BCUT2D eigenvalue weighted by atomic mass is 10.0. The molecule has 0 bridgehead atoms. The average Bonchev–Trinajstić information content (AvgIpc) is 2.82. The first-order valence-corrected chi connectivity index (χ1v) is 5.23. The molecule has 0 aromatic heterocycles. The van der Waals surface area contributed by atoms with Crippen molar-refractivity contribution in [2.24, 2.45) is 0 Å². The molecule has 4 heteroatoms. The zero-order chi connectivity index (χ0) is 10.7. The number of hydrogen-bond donors (Lipinski definition) is 1. The first-order chi connectivity index (χ1) is 7.31. The average molecular weight is 242 g/mol. The minimum atomic E-state index is -0.269. The van der Waals surface area contributed by atoms with E-state index in [0.29, 0.717) is 11.6 Å². The lowest BCUT2D eigenvalue weighted by molar-refractivity contribution is 0.0600. The summed E-state index contributed by atoms with van der Waals surface area (Å²) in [6, 6.07) is 8.05. The van der Waals surface area contributed by atoms with E-state index in [9.17, 15) is 4.79 Å². The van der Waals surface area contributed by atoms with Gasteiger partial charge in [0.1, 0.15) is 0 Å². The molecule has 1 heterocycles. The maximum atomic E-state index is 11.3. The maximum absolute atomic E-state index is 11.3. The molecule has 1 N–H and O–H groups in total. The summed E-state index contributed by atoms with van der Waals surface area (Å²) in [5.41, 5.74) is 1.80. The molecule has 88 valence electrons. The van der Waals surface area contributed by atoms with Crippen LogP contribution in [0.2, 0.25) is 0 Å². The van der Waals surface area contributed by atoms with E-state index in [2.05, 4.69) is 11.4 Å². The van der Waals surface area contributed by atoms with Crippen LogP contribution in [0.4, 0.5) is 0 Å². The van der Waals surface area contributed by atoms with E-state index < -0.39 is 0 Å². The monoisotopic (exact) mass is 241 g/mol. The van der Waals surface area contributed by atoms with Gasteiger partial charge in [-0.15, -0.1) is 12.4 Å². The molecule has 16 heavy (non-hydrogen) atoms. The van der Waals surface area contributed by atoms with Gasteiger partial charge in [0.25, 0.3) is 0 Å². The Bertz CT molecular complexity index is 362. The molecule has 1 aromatic carbocycles. The summed E-state index contributed by atoms with van der Waals surface area (Å²) in [6.07, 6.45) is 2.34. The van der Waals surface area contributed by atoms with Gasteiger partial charge in [0.15, 0.2) is 0 Å². The number of esters is 1. The molecular weight excluding hydrogens is 226 g/mol. The number of methoxy groups -OCH3 is 1. The SMILES string of the molecule is COC(=O)c1cccc([C@@H]2CCCN2)c1.Cl. The van der Waals surface area contributed by atoms with Gasteiger partial charge < -0.3 is 10.1 Å². The molecule has 0 amide bonds. The van der Waals surface area contributed by atoms with E-state index in [-0.39, 0.29) is 18.4 Å². The van der Waals surface area contributed by atoms with Gasteiger partial charge in [0.2, 0.25) is 0 Å². The van der Waals surface area contributed by atoms with Crippen LogP contribution in [0, 0.1) is 0 Å². The molecular formula is C12H16ClNO2. The largest absolute Gasteiger partial charge is 0.465 e. The van der Waals surface area contributed by atoms with E-state index in [1.807, 2.05) is 12.1 Å². The maximum Gasteiger partial charge on any atom is 0.337 e. The molecule has 0 spiro atoms. The highest BCUT2D eigenvalue weighted by molar-refractivity contribution is 5.89. The number of ether oxygens (including phenoxy) is 1. The third-order valence-electron chi connectivity index (χ3n) is 2.77. The minimum Gasteiger partial charge on any atom is -0.465 e. The van der Waals surface area contributed by atoms with Gasteiger partial charge >= 0.3 is 5.97 Å². The predicted octanol–water partition coefficient (Wildman–Crippen LogP) is 2.32. The van der Waals surface area contributed by atoms with Crippen LogP contribution in [-0.2, 0) is 4.74 Å². The number of halogens is 1. The Morgan fingerprint density at radius 2 is 2.31 bits per heavy atom. The van der Waals surface area contributed by atoms with Crippen molar-refractivity contribution in [2.45, 2.75) is 18.9 Å². The molecule has 0 radical (unpaired) electrons. The minimum absolute atomic E-state index is 0. The quantitative estimate of drug-likeness (QED) is 0.808. The van der Waals surface area contributed by atoms with Crippen LogP contribution >= 0.6 is 12.4 Å². The molecule has 1 fully saturated rings. The van der Waals surface area contributed by atoms with Gasteiger partial charge in [-0.2, -0.15) is 0 Å². The summed E-state index contributed by atoms with van der Waals surface area (Å²) in [7, 11) is 1.41. The first-order valence-electron chi connectivity index (χ1n) is 5.23. The zero-order valence-electron chi connectivity index (χ0n) is 9.23. The van der Waals surface area contributed by atoms with Gasteiger partial charge in [0, 0.05) is 6.04 Å². The van der Waals surface area contributed by atoms with Gasteiger partial charge in [-0.3, -0.25) is 0 Å². The Labute approximate surface area is 102 Å². The number of carbonyl (C=O) groups excluding carboxylic acids is 1. The number of rotatable bonds is 2. The van der Waals surface area contributed by atoms with Crippen LogP contribution < -0.4 is 5.32 Å². The smallest absolute Gasteiger partial charge is 0.337 e. The highest BCUT2D eigenvalue weighted by Crippen LogP contribution is 2.23. The van der Waals surface area contributed by atoms with E-state index in [0.717, 1.165) is 13.0 Å². The van der Waals surface area contributed by atoms with Crippen molar-refractivity contribution in [3.63, 3.8) is 0 Å². The summed E-state index contributed by atoms with van der Waals surface area (Å²) >= 11 is 0. The Morgan fingerprint density at radius 1 is 1.50 bits per heavy atom. The highest BCUT2D eigenvalue weighted by atomic mass is 35.5. The molecule has 1 aliphatic rings. The predicted molar refractivity (Wildman–Crippen MR) is 65.0 cm³/mol. The van der Waals surface area contributed by atoms with Crippen molar-refractivity contribution in [1.82, 2.24) is 5.32 Å². The third-order valence-corrected chi connectivity index (χ3v) is 2.77. The Kier molecular flexibility index (Phi) is 4.77. The van der Waals surface area contributed by atoms with E-state index in [4.69, 9.17) is 4.74 Å². The van der Waals surface area contributed by atoms with Crippen LogP contribution in [0.25, 0.3) is 0 Å². The summed E-state index contributed by atoms with van der Waals surface area (Å²) in [5, 5.41) is 3.40. The fourth-order valence-electron chi connectivity index (χ4n) is 1.97. The van der Waals surface area contributed by atoms with Crippen molar-refractivity contribution in [3.05, 3.63) is 35.4 Å². The standard InChI is InChI=1S/C12H15NO2.ClH/c1-15-12(14)10-5-2-4-9(8-10)11-6-3-7-13-11;/h2,4-5,8,11,13H,3,6-7H2,1H3;1H/t11-;/m0./s1. The van der Waals surface area contributed by atoms with Crippen LogP contribution in [0.1, 0.15) is 34.8 Å². The van der Waals surface area contributed by atoms with Crippen molar-refractivity contribution < 1.29 is 9.53 Å². The zero-order valence-corrected chi connectivity index (χ0v) is 10.0. The molecule has 1 atom stereocenters. The summed E-state index contributed by atoms with van der Waals surface area (Å²) < 4.78 is 4.69. The molecule has 0 saturated carbocycles. The van der Waals surface area contributed by atoms with Crippen LogP contribution in [-0.4, -0.2) is 19.6 Å². The number of hydrogen-bond acceptors (Lipinski definition) is 3. The van der Waals surface area contributed by atoms with Crippen LogP contribution in [0.15, 0.2) is 24.3 Å². The lowest BCUT2D eigenvalue weighted by Gasteiger charge is -2.11. The fourth-order valence-corrected chi connectivity index (χ4v) is 1.97. The van der Waals surface area contributed by atoms with Crippen LogP contribution in [0.3, 0.4) is 0 Å². The molecule has 2 rings (SSSR count). The fraction of sp³-hybridized carbons (Fsp3) is 0.417. The number of nitrogens with one attached hydrogen (secondary N) is 1. The molecule has 1 aromatic rings. The summed E-state index contributed by atoms with van der Waals surface area (Å²) in [5.74, 6) is -0.269. The Hall–Kier alpha value is -1.06. The molecule has 3 nitrogen and oxygen atoms in total. The van der Waals surface area contributed by atoms with E-state index in [1.165, 1.54) is 19.1 Å². The van der Waals surface area contributed by atoms with Gasteiger partial charge in [-0.05, 0) is 37.1 Å². The van der Waals surface area contributed by atoms with Gasteiger partial charge in [-0.25, -0.2) is 4.79 Å². The Morgan fingerprint density at radius 3 is 2.94 bits per heavy atom. The topological polar surface area (TPSA) is 38.3 Å². The molecule has 0 unspecified atom stereocenters. The molecule has 1 aliphatic heterocycles. The normalized spacial score (nSPS) is 18.9. The summed E-state index contributed by atoms with van der Waals surface area (Å²) in [6.45, 7) is 1.06. The highest BCUT2D eigenvalue weighted by Gasteiger charge is 2.17. The third kappa shape index (κ3) is 2.74. The number of carbonyl (C=O) groups is 1. The second kappa shape index (κ2) is 5.87. The molecule has 0 aliphatic carbocycles. The summed E-state index contributed by atoms with van der Waals surface area (Å²) in [4.78, 5) is 11.3. The second-order valence-electron chi connectivity index (χ2n) is 3.77. The lowest BCUT2D eigenvalue weighted by Crippen LogP contribution is -2.13. The van der Waals surface area contributed by atoms with E-state index in [1.54, 1.807) is 6.07 Å². The van der Waals surface area contributed by atoms with Crippen molar-refractivity contribution in [3.8, 4) is 0 Å². The van der Waals surface area contributed by atoms with Gasteiger partial charge in [0.05, 0.1) is 12.7 Å². The van der Waals surface area contributed by atoms with Gasteiger partial charge in [-0.1, -0.05) is 12.1 Å². The van der Waals surface area contributed by atoms with Crippen molar-refractivity contribution in [1.29, 1.82) is 0 Å². The first kappa shape index (κ1) is 13.0. The van der Waals surface area contributed by atoms with Crippen molar-refractivity contribution >= 4 is 18.4 Å².